The van der Waals surface area contributed by atoms with Gasteiger partial charge in [0.2, 0.25) is 0 Å². The van der Waals surface area contributed by atoms with Crippen LogP contribution in [-0.2, 0) is 0 Å². The molecule has 0 heterocycles. The Hall–Kier alpha value is -2.81. The average Bonchev–Trinajstić information content (AvgIpc) is 2.42. The number of anilines is 3. The van der Waals surface area contributed by atoms with E-state index in [-0.39, 0.29) is 28.4 Å². The van der Waals surface area contributed by atoms with Crippen molar-refractivity contribution in [2.45, 2.75) is 26.3 Å². The van der Waals surface area contributed by atoms with Crippen molar-refractivity contribution >= 4 is 17.1 Å². The topological polar surface area (TPSA) is 102 Å². The van der Waals surface area contributed by atoms with Gasteiger partial charge in [0.1, 0.15) is 23.2 Å². The van der Waals surface area contributed by atoms with Gasteiger partial charge >= 0.3 is 0 Å². The fraction of sp³-hybridized carbons (Fsp3) is 0.267. The van der Waals surface area contributed by atoms with E-state index in [2.05, 4.69) is 10.6 Å². The number of rotatable bonds is 3. The summed E-state index contributed by atoms with van der Waals surface area (Å²) in [6, 6.07) is 6.34. The minimum atomic E-state index is -0.672. The summed E-state index contributed by atoms with van der Waals surface area (Å²) >= 11 is 0. The number of nitrogens with one attached hydrogen (secondary N) is 2. The number of hydrogen-bond acceptors (Lipinski definition) is 6. The molecule has 0 spiro atoms. The van der Waals surface area contributed by atoms with Crippen LogP contribution in [0.5, 0.6) is 5.75 Å². The van der Waals surface area contributed by atoms with Crippen LogP contribution in [0, 0.1) is 11.3 Å². The normalized spacial score (nSPS) is 11.1. The zero-order valence-electron chi connectivity index (χ0n) is 11.9. The monoisotopic (exact) mass is 285 g/mol. The molecule has 2 aromatic carbocycles. The SMILES string of the molecule is CC(C)(C)Nc1c(Nc2c(O)cccc2C#N)c(=O)c1=O. The minimum absolute atomic E-state index is 0.0629. The quantitative estimate of drug-likeness (QED) is 0.587. The van der Waals surface area contributed by atoms with E-state index in [4.69, 9.17) is 5.26 Å². The number of nitrogens with zero attached hydrogens (tertiary/aromatic N) is 1. The van der Waals surface area contributed by atoms with Gasteiger partial charge in [-0.05, 0) is 32.9 Å². The second-order valence-corrected chi connectivity index (χ2v) is 5.72. The van der Waals surface area contributed by atoms with Gasteiger partial charge in [-0.25, -0.2) is 0 Å². The maximum absolute atomic E-state index is 11.7. The second-order valence-electron chi connectivity index (χ2n) is 5.72. The summed E-state index contributed by atoms with van der Waals surface area (Å²) in [6.45, 7) is 5.57. The van der Waals surface area contributed by atoms with Crippen LogP contribution in [-0.4, -0.2) is 10.6 Å². The first kappa shape index (κ1) is 14.6. The summed E-state index contributed by atoms with van der Waals surface area (Å²) in [7, 11) is 0. The number of aromatic hydroxyl groups is 1. The molecule has 0 atom stereocenters. The maximum atomic E-state index is 11.7. The highest BCUT2D eigenvalue weighted by Gasteiger charge is 2.25. The Bertz CT molecular complexity index is 803. The molecule has 2 aromatic rings. The van der Waals surface area contributed by atoms with E-state index >= 15 is 0 Å². The largest absolute Gasteiger partial charge is 0.506 e. The van der Waals surface area contributed by atoms with Crippen LogP contribution in [0.15, 0.2) is 27.8 Å². The Morgan fingerprint density at radius 3 is 2.29 bits per heavy atom. The van der Waals surface area contributed by atoms with E-state index in [1.165, 1.54) is 18.2 Å². The second kappa shape index (κ2) is 4.94. The Labute approximate surface area is 121 Å². The van der Waals surface area contributed by atoms with Crippen LogP contribution in [0.1, 0.15) is 26.3 Å². The molecule has 0 amide bonds. The molecule has 0 saturated heterocycles. The third-order valence-corrected chi connectivity index (χ3v) is 2.82. The molecule has 0 bridgehead atoms. The summed E-state index contributed by atoms with van der Waals surface area (Å²) in [6.07, 6.45) is 0. The maximum Gasteiger partial charge on any atom is 0.253 e. The van der Waals surface area contributed by atoms with Gasteiger partial charge in [0.25, 0.3) is 10.9 Å². The van der Waals surface area contributed by atoms with Crippen molar-refractivity contribution in [2.75, 3.05) is 10.6 Å². The van der Waals surface area contributed by atoms with Crippen molar-refractivity contribution in [1.82, 2.24) is 0 Å². The molecule has 2 rings (SSSR count). The summed E-state index contributed by atoms with van der Waals surface area (Å²) in [5, 5.41) is 24.5. The first-order valence-corrected chi connectivity index (χ1v) is 6.35. The van der Waals surface area contributed by atoms with Gasteiger partial charge in [-0.3, -0.25) is 9.59 Å². The molecule has 0 aliphatic rings. The van der Waals surface area contributed by atoms with E-state index in [9.17, 15) is 14.7 Å². The van der Waals surface area contributed by atoms with Crippen molar-refractivity contribution in [3.8, 4) is 11.8 Å². The van der Waals surface area contributed by atoms with Crippen LogP contribution in [0.25, 0.3) is 0 Å². The third-order valence-electron chi connectivity index (χ3n) is 2.82. The number of benzene rings is 1. The van der Waals surface area contributed by atoms with Gasteiger partial charge in [0.15, 0.2) is 0 Å². The molecule has 108 valence electrons. The number of para-hydroxylation sites is 1. The Balaban J connectivity index is 2.43. The first-order valence-electron chi connectivity index (χ1n) is 6.35. The van der Waals surface area contributed by atoms with Crippen LogP contribution in [0.4, 0.5) is 17.1 Å². The van der Waals surface area contributed by atoms with Gasteiger partial charge in [0.05, 0.1) is 11.3 Å². The van der Waals surface area contributed by atoms with Crippen LogP contribution in [0.3, 0.4) is 0 Å². The highest BCUT2D eigenvalue weighted by atomic mass is 16.3. The molecule has 21 heavy (non-hydrogen) atoms. The molecule has 0 aromatic heterocycles. The molecular weight excluding hydrogens is 270 g/mol. The fourth-order valence-electron chi connectivity index (χ4n) is 1.89. The van der Waals surface area contributed by atoms with Crippen molar-refractivity contribution in [3.05, 3.63) is 44.2 Å². The van der Waals surface area contributed by atoms with Crippen molar-refractivity contribution in [2.24, 2.45) is 0 Å². The smallest absolute Gasteiger partial charge is 0.253 e. The number of hydrogen-bond donors (Lipinski definition) is 3. The van der Waals surface area contributed by atoms with E-state index < -0.39 is 16.4 Å². The zero-order chi connectivity index (χ0) is 15.8. The molecule has 3 N–H and O–H groups in total. The summed E-state index contributed by atoms with van der Waals surface area (Å²) < 4.78 is 0. The Morgan fingerprint density at radius 2 is 1.71 bits per heavy atom. The van der Waals surface area contributed by atoms with Gasteiger partial charge in [-0.2, -0.15) is 5.26 Å². The lowest BCUT2D eigenvalue weighted by atomic mass is 10.1. The molecule has 0 fully saturated rings. The molecule has 6 heteroatoms. The fourth-order valence-corrected chi connectivity index (χ4v) is 1.89. The van der Waals surface area contributed by atoms with E-state index in [0.29, 0.717) is 0 Å². The standard InChI is InChI=1S/C15H15N3O3/c1-15(2,3)18-12-11(13(20)14(12)21)17-10-8(7-16)5-4-6-9(10)19/h4-6,17-19H,1-3H3. The van der Waals surface area contributed by atoms with E-state index in [0.717, 1.165) is 0 Å². The summed E-state index contributed by atoms with van der Waals surface area (Å²) in [4.78, 5) is 23.3. The molecule has 0 aliphatic heterocycles. The number of nitriles is 1. The third kappa shape index (κ3) is 2.72. The predicted molar refractivity (Wildman–Crippen MR) is 80.8 cm³/mol. The van der Waals surface area contributed by atoms with E-state index in [1.54, 1.807) is 0 Å². The summed E-state index contributed by atoms with van der Waals surface area (Å²) in [5.41, 5.74) is -1.15. The lowest BCUT2D eigenvalue weighted by Crippen LogP contribution is -2.41. The van der Waals surface area contributed by atoms with Gasteiger partial charge in [0, 0.05) is 5.54 Å². The number of phenols is 1. The molecule has 0 saturated carbocycles. The zero-order valence-corrected chi connectivity index (χ0v) is 11.9. The van der Waals surface area contributed by atoms with Crippen LogP contribution >= 0.6 is 0 Å². The highest BCUT2D eigenvalue weighted by Crippen LogP contribution is 2.31. The molecule has 6 nitrogen and oxygen atoms in total. The van der Waals surface area contributed by atoms with Crippen LogP contribution in [0.2, 0.25) is 0 Å². The first-order chi connectivity index (χ1) is 9.74. The Morgan fingerprint density at radius 1 is 1.10 bits per heavy atom. The molecule has 0 radical (unpaired) electrons. The average molecular weight is 285 g/mol. The highest BCUT2D eigenvalue weighted by molar-refractivity contribution is 5.82. The predicted octanol–water partition coefficient (Wildman–Crippen LogP) is 1.81. The summed E-state index contributed by atoms with van der Waals surface area (Å²) in [5.74, 6) is -0.163. The van der Waals surface area contributed by atoms with Crippen LogP contribution < -0.4 is 21.5 Å². The molecule has 0 aliphatic carbocycles. The minimum Gasteiger partial charge on any atom is -0.506 e. The molecule has 0 unspecified atom stereocenters. The van der Waals surface area contributed by atoms with Crippen molar-refractivity contribution < 1.29 is 5.11 Å². The van der Waals surface area contributed by atoms with Gasteiger partial charge < -0.3 is 15.7 Å². The van der Waals surface area contributed by atoms with Crippen molar-refractivity contribution in [3.63, 3.8) is 0 Å². The van der Waals surface area contributed by atoms with Gasteiger partial charge in [-0.15, -0.1) is 0 Å². The molecular formula is C15H15N3O3. The number of phenolic OH excluding ortho intramolecular Hbond substituents is 1. The van der Waals surface area contributed by atoms with Crippen molar-refractivity contribution in [1.29, 1.82) is 5.26 Å². The lowest BCUT2D eigenvalue weighted by molar-refractivity contribution is 0.477. The van der Waals surface area contributed by atoms with E-state index in [1.807, 2.05) is 26.8 Å². The van der Waals surface area contributed by atoms with Gasteiger partial charge in [-0.1, -0.05) is 6.07 Å². The lowest BCUT2D eigenvalue weighted by Gasteiger charge is -2.25. The Kier molecular flexibility index (Phi) is 3.44.